The van der Waals surface area contributed by atoms with E-state index in [-0.39, 0.29) is 17.9 Å². The molecule has 162 valence electrons. The lowest BCUT2D eigenvalue weighted by Crippen LogP contribution is -2.51. The second kappa shape index (κ2) is 9.78. The Morgan fingerprint density at radius 2 is 2.10 bits per heavy atom. The minimum atomic E-state index is -0.209. The zero-order chi connectivity index (χ0) is 21.6. The maximum absolute atomic E-state index is 12.8. The van der Waals surface area contributed by atoms with Gasteiger partial charge in [0.1, 0.15) is 5.69 Å². The summed E-state index contributed by atoms with van der Waals surface area (Å²) in [6.45, 7) is 6.44. The van der Waals surface area contributed by atoms with E-state index >= 15 is 0 Å². The van der Waals surface area contributed by atoms with Crippen LogP contribution in [0.4, 0.5) is 0 Å². The number of aromatic nitrogens is 4. The SMILES string of the molecule is CC(C)Cc1nc(CN2CC[C@@H](c3ccccc3)[C@@H](NC(=O)c3cnccn3)C2)no1. The lowest BCUT2D eigenvalue weighted by molar-refractivity contribution is 0.0876. The maximum atomic E-state index is 12.8. The second-order valence-corrected chi connectivity index (χ2v) is 8.41. The summed E-state index contributed by atoms with van der Waals surface area (Å²) in [5.74, 6) is 1.85. The van der Waals surface area contributed by atoms with Crippen molar-refractivity contribution in [2.24, 2.45) is 5.92 Å². The predicted molar refractivity (Wildman–Crippen MR) is 115 cm³/mol. The quantitative estimate of drug-likeness (QED) is 0.628. The Morgan fingerprint density at radius 1 is 1.26 bits per heavy atom. The molecule has 1 aromatic carbocycles. The van der Waals surface area contributed by atoms with Gasteiger partial charge in [-0.25, -0.2) is 4.98 Å². The van der Waals surface area contributed by atoms with Gasteiger partial charge in [-0.05, 0) is 24.4 Å². The van der Waals surface area contributed by atoms with E-state index in [9.17, 15) is 4.79 Å². The van der Waals surface area contributed by atoms with Crippen LogP contribution in [0.5, 0.6) is 0 Å². The molecule has 0 aliphatic carbocycles. The van der Waals surface area contributed by atoms with Gasteiger partial charge in [0.15, 0.2) is 5.82 Å². The molecule has 4 rings (SSSR count). The Morgan fingerprint density at radius 3 is 2.84 bits per heavy atom. The third kappa shape index (κ3) is 5.52. The fraction of sp³-hybridized carbons (Fsp3) is 0.435. The standard InChI is InChI=1S/C23H28N6O2/c1-16(2)12-22-27-21(28-31-22)15-29-11-8-18(17-6-4-3-5-7-17)20(14-29)26-23(30)19-13-24-9-10-25-19/h3-7,9-10,13,16,18,20H,8,11-12,14-15H2,1-2H3,(H,26,30)/t18-,20-/m0/s1. The van der Waals surface area contributed by atoms with Crippen LogP contribution < -0.4 is 5.32 Å². The van der Waals surface area contributed by atoms with Crippen LogP contribution in [0.15, 0.2) is 53.4 Å². The Balaban J connectivity index is 1.47. The number of hydrogen-bond donors (Lipinski definition) is 1. The van der Waals surface area contributed by atoms with Gasteiger partial charge < -0.3 is 9.84 Å². The molecule has 8 heteroatoms. The Hall–Kier alpha value is -3.13. The Bertz CT molecular complexity index is 976. The van der Waals surface area contributed by atoms with Crippen LogP contribution in [0.1, 0.15) is 54.0 Å². The number of hydrogen-bond acceptors (Lipinski definition) is 7. The topological polar surface area (TPSA) is 97.0 Å². The van der Waals surface area contributed by atoms with Crippen molar-refractivity contribution >= 4 is 5.91 Å². The van der Waals surface area contributed by atoms with Gasteiger partial charge in [0, 0.05) is 37.3 Å². The van der Waals surface area contributed by atoms with Crippen molar-refractivity contribution in [2.45, 2.75) is 45.2 Å². The molecule has 0 unspecified atom stereocenters. The van der Waals surface area contributed by atoms with E-state index in [2.05, 4.69) is 56.3 Å². The van der Waals surface area contributed by atoms with Crippen LogP contribution in [0.25, 0.3) is 0 Å². The fourth-order valence-electron chi connectivity index (χ4n) is 4.05. The molecule has 3 heterocycles. The van der Waals surface area contributed by atoms with E-state index in [1.165, 1.54) is 18.0 Å². The molecule has 1 saturated heterocycles. The minimum absolute atomic E-state index is 0.0623. The van der Waals surface area contributed by atoms with Crippen LogP contribution in [-0.2, 0) is 13.0 Å². The molecule has 0 saturated carbocycles. The van der Waals surface area contributed by atoms with Crippen molar-refractivity contribution in [3.05, 3.63) is 71.9 Å². The van der Waals surface area contributed by atoms with Crippen molar-refractivity contribution < 1.29 is 9.32 Å². The Labute approximate surface area is 182 Å². The fourth-order valence-corrected chi connectivity index (χ4v) is 4.05. The summed E-state index contributed by atoms with van der Waals surface area (Å²) >= 11 is 0. The first-order valence-corrected chi connectivity index (χ1v) is 10.7. The van der Waals surface area contributed by atoms with Gasteiger partial charge in [-0.3, -0.25) is 14.7 Å². The molecule has 1 aliphatic heterocycles. The number of carbonyl (C=O) groups excluding carboxylic acids is 1. The minimum Gasteiger partial charge on any atom is -0.346 e. The van der Waals surface area contributed by atoms with Crippen LogP contribution in [0, 0.1) is 5.92 Å². The first kappa shape index (κ1) is 21.1. The summed E-state index contributed by atoms with van der Waals surface area (Å²) in [6.07, 6.45) is 6.28. The molecule has 0 bridgehead atoms. The van der Waals surface area contributed by atoms with Crippen molar-refractivity contribution in [1.82, 2.24) is 30.3 Å². The molecular weight excluding hydrogens is 392 g/mol. The monoisotopic (exact) mass is 420 g/mol. The van der Waals surface area contributed by atoms with Crippen molar-refractivity contribution in [1.29, 1.82) is 0 Å². The number of likely N-dealkylation sites (tertiary alicyclic amines) is 1. The highest BCUT2D eigenvalue weighted by molar-refractivity contribution is 5.92. The molecule has 1 aliphatic rings. The molecular formula is C23H28N6O2. The molecule has 3 aromatic rings. The van der Waals surface area contributed by atoms with E-state index < -0.39 is 0 Å². The number of nitrogens with one attached hydrogen (secondary N) is 1. The summed E-state index contributed by atoms with van der Waals surface area (Å²) in [5.41, 5.74) is 1.55. The predicted octanol–water partition coefficient (Wildman–Crippen LogP) is 2.85. The highest BCUT2D eigenvalue weighted by Crippen LogP contribution is 2.29. The average Bonchev–Trinajstić information content (AvgIpc) is 3.21. The first-order chi connectivity index (χ1) is 15.1. The number of rotatable bonds is 7. The summed E-state index contributed by atoms with van der Waals surface area (Å²) < 4.78 is 5.38. The van der Waals surface area contributed by atoms with Gasteiger partial charge in [-0.1, -0.05) is 49.3 Å². The van der Waals surface area contributed by atoms with Crippen LogP contribution in [-0.4, -0.2) is 50.0 Å². The van der Waals surface area contributed by atoms with Gasteiger partial charge in [-0.15, -0.1) is 0 Å². The van der Waals surface area contributed by atoms with Crippen molar-refractivity contribution in [3.63, 3.8) is 0 Å². The van der Waals surface area contributed by atoms with Gasteiger partial charge in [0.05, 0.1) is 12.7 Å². The third-order valence-electron chi connectivity index (χ3n) is 5.50. The molecule has 31 heavy (non-hydrogen) atoms. The zero-order valence-corrected chi connectivity index (χ0v) is 17.9. The molecule has 2 aromatic heterocycles. The van der Waals surface area contributed by atoms with Crippen molar-refractivity contribution in [2.75, 3.05) is 13.1 Å². The maximum Gasteiger partial charge on any atom is 0.271 e. The molecule has 0 radical (unpaired) electrons. The first-order valence-electron chi connectivity index (χ1n) is 10.7. The van der Waals surface area contributed by atoms with E-state index in [0.717, 1.165) is 19.4 Å². The number of piperidine rings is 1. The van der Waals surface area contributed by atoms with E-state index in [1.807, 2.05) is 18.2 Å². The second-order valence-electron chi connectivity index (χ2n) is 8.41. The van der Waals surface area contributed by atoms with Crippen LogP contribution in [0.2, 0.25) is 0 Å². The zero-order valence-electron chi connectivity index (χ0n) is 17.9. The third-order valence-corrected chi connectivity index (χ3v) is 5.50. The molecule has 2 atom stereocenters. The van der Waals surface area contributed by atoms with Crippen LogP contribution in [0.3, 0.4) is 0 Å². The van der Waals surface area contributed by atoms with E-state index in [4.69, 9.17) is 4.52 Å². The van der Waals surface area contributed by atoms with Gasteiger partial charge >= 0.3 is 0 Å². The smallest absolute Gasteiger partial charge is 0.271 e. The average molecular weight is 421 g/mol. The Kier molecular flexibility index (Phi) is 6.66. The molecule has 1 amide bonds. The summed E-state index contributed by atoms with van der Waals surface area (Å²) in [6, 6.07) is 10.3. The highest BCUT2D eigenvalue weighted by Gasteiger charge is 2.32. The summed E-state index contributed by atoms with van der Waals surface area (Å²) in [4.78, 5) is 27.7. The number of benzene rings is 1. The van der Waals surface area contributed by atoms with Crippen molar-refractivity contribution in [3.8, 4) is 0 Å². The van der Waals surface area contributed by atoms with Gasteiger partial charge in [-0.2, -0.15) is 4.98 Å². The number of amides is 1. The highest BCUT2D eigenvalue weighted by atomic mass is 16.5. The number of nitrogens with zero attached hydrogens (tertiary/aromatic N) is 5. The molecule has 0 spiro atoms. The summed E-state index contributed by atoms with van der Waals surface area (Å²) in [7, 11) is 0. The van der Waals surface area contributed by atoms with E-state index in [0.29, 0.717) is 36.4 Å². The van der Waals surface area contributed by atoms with Crippen LogP contribution >= 0.6 is 0 Å². The lowest BCUT2D eigenvalue weighted by Gasteiger charge is -2.38. The van der Waals surface area contributed by atoms with Gasteiger partial charge in [0.2, 0.25) is 5.89 Å². The molecule has 1 N–H and O–H groups in total. The number of carbonyl (C=O) groups is 1. The van der Waals surface area contributed by atoms with Gasteiger partial charge in [0.25, 0.3) is 5.91 Å². The normalized spacial score (nSPS) is 19.5. The summed E-state index contributed by atoms with van der Waals surface area (Å²) in [5, 5.41) is 7.32. The lowest BCUT2D eigenvalue weighted by atomic mass is 9.85. The largest absolute Gasteiger partial charge is 0.346 e. The molecule has 1 fully saturated rings. The van der Waals surface area contributed by atoms with E-state index in [1.54, 1.807) is 6.20 Å². The molecule has 8 nitrogen and oxygen atoms in total.